The van der Waals surface area contributed by atoms with Gasteiger partial charge in [-0.2, -0.15) is 14.6 Å². The van der Waals surface area contributed by atoms with Gasteiger partial charge in [0.05, 0.1) is 11.3 Å². The lowest BCUT2D eigenvalue weighted by molar-refractivity contribution is -0.118. The number of thiazole rings is 1. The van der Waals surface area contributed by atoms with Crippen molar-refractivity contribution < 1.29 is 9.59 Å². The Labute approximate surface area is 212 Å². The number of amides is 2. The second kappa shape index (κ2) is 8.92. The standard InChI is InChI=1S/C27H17N5O4S/c33-20(28-17-11-5-2-6-12-17)15-31-19-14-8-7-13-18(19)21(25(31)35)23-26(36)32-27(37-23)29-24(34)22(30-32)16-9-3-1-4-10-16/h1-14H,15H2,(H,28,33)/b23-21-. The minimum atomic E-state index is -0.568. The number of anilines is 2. The van der Waals surface area contributed by atoms with Crippen molar-refractivity contribution in [3.63, 3.8) is 0 Å². The summed E-state index contributed by atoms with van der Waals surface area (Å²) in [5.74, 6) is -0.866. The second-order valence-electron chi connectivity index (χ2n) is 8.26. The first-order valence-electron chi connectivity index (χ1n) is 11.3. The van der Waals surface area contributed by atoms with Gasteiger partial charge >= 0.3 is 5.56 Å². The summed E-state index contributed by atoms with van der Waals surface area (Å²) in [5.41, 5.74) is 1.25. The van der Waals surface area contributed by atoms with Gasteiger partial charge in [0.2, 0.25) is 10.9 Å². The van der Waals surface area contributed by atoms with Gasteiger partial charge in [0.25, 0.3) is 11.5 Å². The monoisotopic (exact) mass is 507 g/mol. The van der Waals surface area contributed by atoms with E-state index in [1.54, 1.807) is 78.9 Å². The summed E-state index contributed by atoms with van der Waals surface area (Å²) in [7, 11) is 0. The van der Waals surface area contributed by atoms with Crippen LogP contribution in [0.25, 0.3) is 21.8 Å². The lowest BCUT2D eigenvalue weighted by Gasteiger charge is -2.16. The average Bonchev–Trinajstić information content (AvgIpc) is 3.37. The number of carbonyl (C=O) groups is 2. The molecule has 1 N–H and O–H groups in total. The normalized spacial score (nSPS) is 14.2. The Hall–Kier alpha value is -4.96. The number of nitrogens with one attached hydrogen (secondary N) is 1. The molecule has 37 heavy (non-hydrogen) atoms. The van der Waals surface area contributed by atoms with Gasteiger partial charge in [0.15, 0.2) is 5.69 Å². The molecule has 2 aromatic heterocycles. The third-order valence-electron chi connectivity index (χ3n) is 5.92. The van der Waals surface area contributed by atoms with Crippen molar-refractivity contribution in [2.75, 3.05) is 16.8 Å². The predicted molar refractivity (Wildman–Crippen MR) is 140 cm³/mol. The number of para-hydroxylation sites is 2. The molecular weight excluding hydrogens is 490 g/mol. The molecule has 1 aliphatic heterocycles. The molecule has 0 atom stereocenters. The van der Waals surface area contributed by atoms with Crippen LogP contribution in [0.3, 0.4) is 0 Å². The van der Waals surface area contributed by atoms with E-state index in [2.05, 4.69) is 15.4 Å². The molecule has 6 rings (SSSR count). The molecule has 0 spiro atoms. The maximum Gasteiger partial charge on any atom is 0.300 e. The minimum Gasteiger partial charge on any atom is -0.325 e. The number of aromatic nitrogens is 3. The molecule has 0 fully saturated rings. The van der Waals surface area contributed by atoms with E-state index in [-0.39, 0.29) is 33.2 Å². The highest BCUT2D eigenvalue weighted by Crippen LogP contribution is 2.35. The molecule has 5 aromatic rings. The Morgan fingerprint density at radius 1 is 0.865 bits per heavy atom. The van der Waals surface area contributed by atoms with Crippen LogP contribution >= 0.6 is 11.3 Å². The molecule has 0 saturated heterocycles. The third kappa shape index (κ3) is 3.89. The molecule has 2 amide bonds. The molecule has 180 valence electrons. The van der Waals surface area contributed by atoms with Crippen LogP contribution < -0.4 is 25.9 Å². The topological polar surface area (TPSA) is 114 Å². The molecule has 0 bridgehead atoms. The average molecular weight is 508 g/mol. The zero-order valence-electron chi connectivity index (χ0n) is 19.1. The summed E-state index contributed by atoms with van der Waals surface area (Å²) < 4.78 is 1.16. The first-order valence-corrected chi connectivity index (χ1v) is 12.1. The fourth-order valence-electron chi connectivity index (χ4n) is 4.26. The number of benzene rings is 3. The van der Waals surface area contributed by atoms with Crippen molar-refractivity contribution in [1.29, 1.82) is 0 Å². The zero-order valence-corrected chi connectivity index (χ0v) is 19.9. The summed E-state index contributed by atoms with van der Waals surface area (Å²) in [6, 6.07) is 24.6. The van der Waals surface area contributed by atoms with E-state index < -0.39 is 17.0 Å². The van der Waals surface area contributed by atoms with E-state index in [1.807, 2.05) is 6.07 Å². The van der Waals surface area contributed by atoms with Gasteiger partial charge in [-0.25, -0.2) is 0 Å². The van der Waals surface area contributed by atoms with Crippen LogP contribution in [0.4, 0.5) is 11.4 Å². The molecule has 1 aliphatic rings. The number of nitrogens with zero attached hydrogens (tertiary/aromatic N) is 4. The van der Waals surface area contributed by atoms with Crippen LogP contribution in [-0.2, 0) is 9.59 Å². The molecule has 0 saturated carbocycles. The molecule has 0 unspecified atom stereocenters. The summed E-state index contributed by atoms with van der Waals surface area (Å²) >= 11 is 0.922. The van der Waals surface area contributed by atoms with E-state index in [1.165, 1.54) is 4.90 Å². The summed E-state index contributed by atoms with van der Waals surface area (Å²) in [4.78, 5) is 57.9. The van der Waals surface area contributed by atoms with Crippen LogP contribution in [0, 0.1) is 0 Å². The fraction of sp³-hybridized carbons (Fsp3) is 0.0370. The van der Waals surface area contributed by atoms with Crippen molar-refractivity contribution in [2.45, 2.75) is 0 Å². The first kappa shape index (κ1) is 22.5. The van der Waals surface area contributed by atoms with E-state index in [9.17, 15) is 19.2 Å². The van der Waals surface area contributed by atoms with Crippen LogP contribution in [0.15, 0.2) is 94.5 Å². The molecular formula is C27H17N5O4S. The smallest absolute Gasteiger partial charge is 0.300 e. The molecule has 0 radical (unpaired) electrons. The summed E-state index contributed by atoms with van der Waals surface area (Å²) in [6.45, 7) is -0.236. The van der Waals surface area contributed by atoms with E-state index in [0.29, 0.717) is 22.5 Å². The fourth-order valence-corrected chi connectivity index (χ4v) is 5.25. The largest absolute Gasteiger partial charge is 0.325 e. The Bertz CT molecular complexity index is 1870. The lowest BCUT2D eigenvalue weighted by atomic mass is 10.1. The second-order valence-corrected chi connectivity index (χ2v) is 9.24. The van der Waals surface area contributed by atoms with E-state index in [0.717, 1.165) is 15.9 Å². The number of hydrogen-bond donors (Lipinski definition) is 1. The highest BCUT2D eigenvalue weighted by atomic mass is 32.1. The van der Waals surface area contributed by atoms with Crippen molar-refractivity contribution in [1.82, 2.24) is 14.6 Å². The predicted octanol–water partition coefficient (Wildman–Crippen LogP) is 2.08. The van der Waals surface area contributed by atoms with Crippen molar-refractivity contribution in [3.05, 3.63) is 116 Å². The number of carbonyl (C=O) groups excluding carboxylic acids is 2. The van der Waals surface area contributed by atoms with Crippen LogP contribution in [0.5, 0.6) is 0 Å². The Morgan fingerprint density at radius 2 is 1.54 bits per heavy atom. The zero-order chi connectivity index (χ0) is 25.5. The quantitative estimate of drug-likeness (QED) is 0.399. The van der Waals surface area contributed by atoms with Crippen LogP contribution in [0.2, 0.25) is 0 Å². The van der Waals surface area contributed by atoms with Gasteiger partial charge in [0.1, 0.15) is 11.1 Å². The van der Waals surface area contributed by atoms with Crippen molar-refractivity contribution in [2.24, 2.45) is 0 Å². The van der Waals surface area contributed by atoms with Gasteiger partial charge in [-0.3, -0.25) is 24.1 Å². The van der Waals surface area contributed by atoms with Crippen molar-refractivity contribution in [3.8, 4) is 11.3 Å². The van der Waals surface area contributed by atoms with Gasteiger partial charge in [-0.05, 0) is 18.2 Å². The Morgan fingerprint density at radius 3 is 2.30 bits per heavy atom. The maximum absolute atomic E-state index is 13.6. The molecule has 9 nitrogen and oxygen atoms in total. The first-order chi connectivity index (χ1) is 18.0. The Balaban J connectivity index is 1.46. The van der Waals surface area contributed by atoms with E-state index >= 15 is 0 Å². The molecule has 3 heterocycles. The number of hydrogen-bond acceptors (Lipinski definition) is 7. The number of fused-ring (bicyclic) bond motifs is 2. The van der Waals surface area contributed by atoms with Gasteiger partial charge in [0, 0.05) is 16.8 Å². The van der Waals surface area contributed by atoms with Crippen LogP contribution in [-0.4, -0.2) is 33.0 Å². The third-order valence-corrected chi connectivity index (χ3v) is 6.95. The SMILES string of the molecule is O=C(CN1C(=O)/C(=c2\sc3nc(=O)c(-c4ccccc4)nn3c2=O)c2ccccc21)Nc1ccccc1. The highest BCUT2D eigenvalue weighted by Gasteiger charge is 2.35. The number of rotatable bonds is 4. The van der Waals surface area contributed by atoms with Crippen molar-refractivity contribution >= 4 is 45.1 Å². The minimum absolute atomic E-state index is 0.0434. The van der Waals surface area contributed by atoms with Gasteiger partial charge in [-0.1, -0.05) is 78.1 Å². The molecule has 0 aliphatic carbocycles. The summed E-state index contributed by atoms with van der Waals surface area (Å²) in [5, 5.41) is 7.04. The Kier molecular flexibility index (Phi) is 5.42. The molecule has 10 heteroatoms. The molecule has 3 aromatic carbocycles. The summed E-state index contributed by atoms with van der Waals surface area (Å²) in [6.07, 6.45) is 0. The lowest BCUT2D eigenvalue weighted by Crippen LogP contribution is -2.37. The highest BCUT2D eigenvalue weighted by molar-refractivity contribution is 7.15. The van der Waals surface area contributed by atoms with Gasteiger partial charge in [-0.15, -0.1) is 0 Å². The van der Waals surface area contributed by atoms with E-state index in [4.69, 9.17) is 0 Å². The van der Waals surface area contributed by atoms with Gasteiger partial charge < -0.3 is 5.32 Å². The maximum atomic E-state index is 13.6. The van der Waals surface area contributed by atoms with Crippen LogP contribution in [0.1, 0.15) is 5.56 Å².